The van der Waals surface area contributed by atoms with E-state index in [0.717, 1.165) is 6.42 Å². The van der Waals surface area contributed by atoms with Gasteiger partial charge in [-0.1, -0.05) is 13.3 Å². The fourth-order valence-electron chi connectivity index (χ4n) is 1.18. The lowest BCUT2D eigenvalue weighted by molar-refractivity contribution is -0.147. The summed E-state index contributed by atoms with van der Waals surface area (Å²) in [7, 11) is 0. The van der Waals surface area contributed by atoms with Crippen molar-refractivity contribution in [3.05, 3.63) is 22.1 Å². The van der Waals surface area contributed by atoms with Gasteiger partial charge in [0, 0.05) is 0 Å². The minimum absolute atomic E-state index is 0.131. The molecule has 0 aliphatic carbocycles. The maximum Gasteiger partial charge on any atom is 0.519 e. The van der Waals surface area contributed by atoms with Gasteiger partial charge in [0.05, 0.1) is 0 Å². The molecule has 1 rings (SSSR count). The molecule has 0 fully saturated rings. The number of aryl methyl sites for hydroxylation is 1. The highest BCUT2D eigenvalue weighted by Crippen LogP contribution is 2.07. The van der Waals surface area contributed by atoms with Crippen LogP contribution in [0.5, 0.6) is 0 Å². The molecule has 1 heterocycles. The van der Waals surface area contributed by atoms with Gasteiger partial charge < -0.3 is 19.3 Å². The van der Waals surface area contributed by atoms with Crippen molar-refractivity contribution in [2.45, 2.75) is 39.3 Å². The van der Waals surface area contributed by atoms with Crippen LogP contribution >= 0.6 is 0 Å². The molecule has 0 aliphatic heterocycles. The summed E-state index contributed by atoms with van der Waals surface area (Å²) in [6.45, 7) is 3.35. The fourth-order valence-corrected chi connectivity index (χ4v) is 1.18. The Labute approximate surface area is 92.4 Å². The number of esters is 1. The van der Waals surface area contributed by atoms with Gasteiger partial charge in [-0.05, 0) is 13.3 Å². The second kappa shape index (κ2) is 5.50. The summed E-state index contributed by atoms with van der Waals surface area (Å²) in [5.74, 6) is -0.796. The Morgan fingerprint density at radius 3 is 2.69 bits per heavy atom. The lowest BCUT2D eigenvalue weighted by atomic mass is 10.2. The van der Waals surface area contributed by atoms with Crippen LogP contribution in [0.25, 0.3) is 0 Å². The number of hydrogen-bond donors (Lipinski definition) is 1. The van der Waals surface area contributed by atoms with Crippen LogP contribution in [-0.2, 0) is 16.1 Å². The van der Waals surface area contributed by atoms with E-state index in [1.54, 1.807) is 6.92 Å². The molecule has 0 bridgehead atoms. The molecule has 0 saturated carbocycles. The first-order valence-electron chi connectivity index (χ1n) is 5.06. The zero-order valence-corrected chi connectivity index (χ0v) is 9.32. The largest absolute Gasteiger partial charge is 0.519 e. The van der Waals surface area contributed by atoms with Crippen LogP contribution in [0.1, 0.15) is 31.3 Å². The maximum atomic E-state index is 11.3. The van der Waals surface area contributed by atoms with E-state index in [1.807, 2.05) is 6.92 Å². The molecule has 0 radical (unpaired) electrons. The van der Waals surface area contributed by atoms with Gasteiger partial charge in [-0.15, -0.1) is 0 Å². The van der Waals surface area contributed by atoms with Crippen molar-refractivity contribution in [1.29, 1.82) is 0 Å². The second-order valence-corrected chi connectivity index (χ2v) is 3.44. The summed E-state index contributed by atoms with van der Waals surface area (Å²) in [6, 6.07) is -0.635. The van der Waals surface area contributed by atoms with Gasteiger partial charge in [0.25, 0.3) is 0 Å². The number of nitrogens with two attached hydrogens (primary N) is 1. The third kappa shape index (κ3) is 3.23. The molecule has 2 N–H and O–H groups in total. The Balaban J connectivity index is 2.48. The fraction of sp³-hybridized carbons (Fsp3) is 0.600. The van der Waals surface area contributed by atoms with E-state index < -0.39 is 17.8 Å². The van der Waals surface area contributed by atoms with Crippen LogP contribution in [-0.4, -0.2) is 12.0 Å². The van der Waals surface area contributed by atoms with Gasteiger partial charge in [-0.25, -0.2) is 4.79 Å². The first-order chi connectivity index (χ1) is 7.54. The predicted octanol–water partition coefficient (Wildman–Crippen LogP) is 0.712. The molecule has 1 aromatic rings. The maximum absolute atomic E-state index is 11.3. The standard InChI is InChI=1S/C10H15NO5/c1-3-4-7(11)9(12)14-5-8-6(2)15-10(13)16-8/h7H,3-5,11H2,1-2H3. The molecule has 0 amide bonds. The van der Waals surface area contributed by atoms with Crippen molar-refractivity contribution in [3.8, 4) is 0 Å². The third-order valence-electron chi connectivity index (χ3n) is 2.08. The van der Waals surface area contributed by atoms with E-state index in [0.29, 0.717) is 12.2 Å². The van der Waals surface area contributed by atoms with Gasteiger partial charge >= 0.3 is 11.8 Å². The zero-order valence-electron chi connectivity index (χ0n) is 9.32. The minimum Gasteiger partial charge on any atom is -0.456 e. The highest BCUT2D eigenvalue weighted by atomic mass is 16.6. The highest BCUT2D eigenvalue weighted by Gasteiger charge is 2.16. The average molecular weight is 229 g/mol. The summed E-state index contributed by atoms with van der Waals surface area (Å²) in [4.78, 5) is 22.0. The molecular weight excluding hydrogens is 214 g/mol. The van der Waals surface area contributed by atoms with Gasteiger partial charge in [-0.3, -0.25) is 4.79 Å². The summed E-state index contributed by atoms with van der Waals surface area (Å²) in [6.07, 6.45) is 1.36. The molecule has 0 saturated heterocycles. The van der Waals surface area contributed by atoms with E-state index in [4.69, 9.17) is 10.5 Å². The SMILES string of the molecule is CCCC(N)C(=O)OCc1oc(=O)oc1C. The van der Waals surface area contributed by atoms with Crippen LogP contribution < -0.4 is 11.6 Å². The molecule has 1 atom stereocenters. The molecule has 1 aromatic heterocycles. The van der Waals surface area contributed by atoms with Gasteiger partial charge in [0.2, 0.25) is 0 Å². The second-order valence-electron chi connectivity index (χ2n) is 3.44. The molecular formula is C10H15NO5. The minimum atomic E-state index is -0.804. The summed E-state index contributed by atoms with van der Waals surface area (Å²) >= 11 is 0. The Hall–Kier alpha value is -1.56. The van der Waals surface area contributed by atoms with E-state index in [1.165, 1.54) is 0 Å². The molecule has 16 heavy (non-hydrogen) atoms. The van der Waals surface area contributed by atoms with Gasteiger partial charge in [-0.2, -0.15) is 0 Å². The summed E-state index contributed by atoms with van der Waals surface area (Å²) in [5.41, 5.74) is 5.54. The summed E-state index contributed by atoms with van der Waals surface area (Å²) < 4.78 is 14.2. The lowest BCUT2D eigenvalue weighted by Gasteiger charge is -2.08. The first kappa shape index (κ1) is 12.5. The smallest absolute Gasteiger partial charge is 0.456 e. The quantitative estimate of drug-likeness (QED) is 0.747. The van der Waals surface area contributed by atoms with Crippen molar-refractivity contribution in [2.75, 3.05) is 0 Å². The number of carbonyl (C=O) groups is 1. The van der Waals surface area contributed by atoms with Crippen LogP contribution in [0.2, 0.25) is 0 Å². The molecule has 1 unspecified atom stereocenters. The first-order valence-corrected chi connectivity index (χ1v) is 5.06. The molecule has 0 aromatic carbocycles. The van der Waals surface area contributed by atoms with Crippen LogP contribution in [0, 0.1) is 6.92 Å². The Kier molecular flexibility index (Phi) is 4.30. The van der Waals surface area contributed by atoms with Crippen LogP contribution in [0.3, 0.4) is 0 Å². The van der Waals surface area contributed by atoms with Crippen molar-refractivity contribution in [2.24, 2.45) is 5.73 Å². The van der Waals surface area contributed by atoms with E-state index in [9.17, 15) is 9.59 Å². The number of rotatable bonds is 5. The van der Waals surface area contributed by atoms with Gasteiger partial charge in [0.1, 0.15) is 6.04 Å². The zero-order chi connectivity index (χ0) is 12.1. The van der Waals surface area contributed by atoms with Gasteiger partial charge in [0.15, 0.2) is 18.1 Å². The molecule has 6 nitrogen and oxygen atoms in total. The number of ether oxygens (including phenoxy) is 1. The number of hydrogen-bond acceptors (Lipinski definition) is 6. The Morgan fingerprint density at radius 1 is 1.50 bits per heavy atom. The third-order valence-corrected chi connectivity index (χ3v) is 2.08. The Morgan fingerprint density at radius 2 is 2.19 bits per heavy atom. The topological polar surface area (TPSA) is 95.7 Å². The molecule has 0 spiro atoms. The molecule has 0 aliphatic rings. The lowest BCUT2D eigenvalue weighted by Crippen LogP contribution is -2.31. The Bertz CT molecular complexity index is 406. The van der Waals surface area contributed by atoms with Crippen molar-refractivity contribution in [3.63, 3.8) is 0 Å². The molecule has 6 heteroatoms. The van der Waals surface area contributed by atoms with E-state index >= 15 is 0 Å². The van der Waals surface area contributed by atoms with Crippen molar-refractivity contribution >= 4 is 5.97 Å². The summed E-state index contributed by atoms with van der Waals surface area (Å²) in [5, 5.41) is 0. The van der Waals surface area contributed by atoms with Crippen molar-refractivity contribution in [1.82, 2.24) is 0 Å². The average Bonchev–Trinajstić information content (AvgIpc) is 2.54. The molecule has 90 valence electrons. The highest BCUT2D eigenvalue weighted by molar-refractivity contribution is 5.75. The van der Waals surface area contributed by atoms with Crippen molar-refractivity contribution < 1.29 is 18.4 Å². The van der Waals surface area contributed by atoms with Crippen LogP contribution in [0.15, 0.2) is 13.6 Å². The normalized spacial score (nSPS) is 12.4. The van der Waals surface area contributed by atoms with E-state index in [2.05, 4.69) is 8.83 Å². The predicted molar refractivity (Wildman–Crippen MR) is 54.7 cm³/mol. The number of carbonyl (C=O) groups excluding carboxylic acids is 1. The van der Waals surface area contributed by atoms with E-state index in [-0.39, 0.29) is 12.4 Å². The monoisotopic (exact) mass is 229 g/mol. The van der Waals surface area contributed by atoms with Crippen LogP contribution in [0.4, 0.5) is 0 Å².